The zero-order valence-electron chi connectivity index (χ0n) is 11.8. The fraction of sp³-hybridized carbons (Fsp3) is 0.571. The van der Waals surface area contributed by atoms with Crippen molar-refractivity contribution in [2.24, 2.45) is 11.7 Å². The second kappa shape index (κ2) is 6.30. The van der Waals surface area contributed by atoms with Gasteiger partial charge in [-0.15, -0.1) is 11.3 Å². The average molecular weight is 278 g/mol. The maximum Gasteiger partial charge on any atom is 0.138 e. The molecule has 0 bridgehead atoms. The Hall–Kier alpha value is -1.20. The number of rotatable bonds is 6. The molecule has 0 spiro atoms. The van der Waals surface area contributed by atoms with Crippen molar-refractivity contribution in [3.8, 4) is 0 Å². The van der Waals surface area contributed by atoms with Crippen molar-refractivity contribution in [3.63, 3.8) is 0 Å². The molecule has 0 aliphatic carbocycles. The van der Waals surface area contributed by atoms with Crippen LogP contribution in [-0.2, 0) is 19.4 Å². The third kappa shape index (κ3) is 3.42. The highest BCUT2D eigenvalue weighted by Crippen LogP contribution is 2.25. The number of hydrogen-bond donors (Lipinski definition) is 1. The SMILES string of the molecule is CCc1ccsc1C(N)Cc1ncnn1CC(C)C. The third-order valence-corrected chi connectivity index (χ3v) is 4.23. The summed E-state index contributed by atoms with van der Waals surface area (Å²) in [4.78, 5) is 5.63. The molecule has 104 valence electrons. The van der Waals surface area contributed by atoms with Gasteiger partial charge in [-0.25, -0.2) is 9.67 Å². The third-order valence-electron chi connectivity index (χ3n) is 3.13. The fourth-order valence-corrected chi connectivity index (χ4v) is 3.20. The number of thiophene rings is 1. The van der Waals surface area contributed by atoms with Gasteiger partial charge in [0, 0.05) is 23.9 Å². The van der Waals surface area contributed by atoms with Crippen molar-refractivity contribution in [3.05, 3.63) is 34.0 Å². The Balaban J connectivity index is 2.11. The molecule has 0 saturated heterocycles. The van der Waals surface area contributed by atoms with Crippen LogP contribution in [0.1, 0.15) is 43.1 Å². The highest BCUT2D eigenvalue weighted by molar-refractivity contribution is 7.10. The minimum Gasteiger partial charge on any atom is -0.323 e. The summed E-state index contributed by atoms with van der Waals surface area (Å²) in [6, 6.07) is 2.18. The highest BCUT2D eigenvalue weighted by atomic mass is 32.1. The summed E-state index contributed by atoms with van der Waals surface area (Å²) in [6.45, 7) is 7.42. The molecule has 0 fully saturated rings. The van der Waals surface area contributed by atoms with Crippen LogP contribution >= 0.6 is 11.3 Å². The van der Waals surface area contributed by atoms with Crippen LogP contribution in [0.4, 0.5) is 0 Å². The standard InChI is InChI=1S/C14H22N4S/c1-4-11-5-6-19-14(11)12(15)7-13-16-9-17-18(13)8-10(2)3/h5-6,9-10,12H,4,7-8,15H2,1-3H3. The number of nitrogens with zero attached hydrogens (tertiary/aromatic N) is 3. The highest BCUT2D eigenvalue weighted by Gasteiger charge is 2.16. The molecule has 0 aliphatic rings. The van der Waals surface area contributed by atoms with E-state index in [1.54, 1.807) is 17.7 Å². The smallest absolute Gasteiger partial charge is 0.138 e. The van der Waals surface area contributed by atoms with E-state index in [1.165, 1.54) is 10.4 Å². The molecule has 0 aliphatic heterocycles. The molecule has 0 aromatic carbocycles. The van der Waals surface area contributed by atoms with Gasteiger partial charge in [-0.3, -0.25) is 0 Å². The van der Waals surface area contributed by atoms with Crippen LogP contribution < -0.4 is 5.73 Å². The van der Waals surface area contributed by atoms with Gasteiger partial charge in [-0.05, 0) is 29.3 Å². The Morgan fingerprint density at radius 2 is 2.21 bits per heavy atom. The minimum absolute atomic E-state index is 0.0186. The molecule has 1 unspecified atom stereocenters. The predicted octanol–water partition coefficient (Wildman–Crippen LogP) is 2.80. The van der Waals surface area contributed by atoms with E-state index in [4.69, 9.17) is 5.73 Å². The lowest BCUT2D eigenvalue weighted by molar-refractivity contribution is 0.459. The van der Waals surface area contributed by atoms with Crippen LogP contribution in [0.3, 0.4) is 0 Å². The van der Waals surface area contributed by atoms with E-state index in [0.717, 1.165) is 25.2 Å². The number of aromatic nitrogens is 3. The van der Waals surface area contributed by atoms with Gasteiger partial charge in [0.15, 0.2) is 0 Å². The Labute approximate surface area is 118 Å². The van der Waals surface area contributed by atoms with Crippen molar-refractivity contribution in [2.75, 3.05) is 0 Å². The van der Waals surface area contributed by atoms with E-state index in [1.807, 2.05) is 4.68 Å². The summed E-state index contributed by atoms with van der Waals surface area (Å²) < 4.78 is 1.98. The van der Waals surface area contributed by atoms with Crippen LogP contribution in [0.25, 0.3) is 0 Å². The van der Waals surface area contributed by atoms with Crippen molar-refractivity contribution < 1.29 is 0 Å². The first-order valence-corrected chi connectivity index (χ1v) is 7.68. The zero-order chi connectivity index (χ0) is 13.8. The quantitative estimate of drug-likeness (QED) is 0.884. The lowest BCUT2D eigenvalue weighted by atomic mass is 10.1. The molecule has 2 aromatic heterocycles. The largest absolute Gasteiger partial charge is 0.323 e. The first kappa shape index (κ1) is 14.2. The number of nitrogens with two attached hydrogens (primary N) is 1. The van der Waals surface area contributed by atoms with Gasteiger partial charge < -0.3 is 5.73 Å². The zero-order valence-corrected chi connectivity index (χ0v) is 12.7. The van der Waals surface area contributed by atoms with E-state index in [0.29, 0.717) is 5.92 Å². The molecule has 2 aromatic rings. The normalized spacial score (nSPS) is 13.1. The molecular formula is C14H22N4S. The molecule has 2 heterocycles. The van der Waals surface area contributed by atoms with E-state index in [-0.39, 0.29) is 6.04 Å². The summed E-state index contributed by atoms with van der Waals surface area (Å²) in [5, 5.41) is 6.40. The predicted molar refractivity (Wildman–Crippen MR) is 79.2 cm³/mol. The van der Waals surface area contributed by atoms with Gasteiger partial charge >= 0.3 is 0 Å². The summed E-state index contributed by atoms with van der Waals surface area (Å²) in [5.41, 5.74) is 7.69. The molecule has 0 amide bonds. The Morgan fingerprint density at radius 1 is 1.42 bits per heavy atom. The molecule has 0 saturated carbocycles. The molecule has 0 radical (unpaired) electrons. The lowest BCUT2D eigenvalue weighted by Gasteiger charge is -2.13. The van der Waals surface area contributed by atoms with Crippen molar-refractivity contribution in [1.82, 2.24) is 14.8 Å². The van der Waals surface area contributed by atoms with Crippen molar-refractivity contribution >= 4 is 11.3 Å². The monoisotopic (exact) mass is 278 g/mol. The Kier molecular flexibility index (Phi) is 4.71. The summed E-state index contributed by atoms with van der Waals surface area (Å²) in [5.74, 6) is 1.54. The molecule has 5 heteroatoms. The molecule has 2 N–H and O–H groups in total. The summed E-state index contributed by atoms with van der Waals surface area (Å²) >= 11 is 1.74. The first-order chi connectivity index (χ1) is 9.11. The number of aryl methyl sites for hydroxylation is 1. The maximum atomic E-state index is 6.34. The second-order valence-electron chi connectivity index (χ2n) is 5.23. The number of hydrogen-bond acceptors (Lipinski definition) is 4. The van der Waals surface area contributed by atoms with Gasteiger partial charge in [0.25, 0.3) is 0 Å². The van der Waals surface area contributed by atoms with Gasteiger partial charge in [0.2, 0.25) is 0 Å². The van der Waals surface area contributed by atoms with E-state index < -0.39 is 0 Å². The molecular weight excluding hydrogens is 256 g/mol. The van der Waals surface area contributed by atoms with Crippen molar-refractivity contribution in [1.29, 1.82) is 0 Å². The van der Waals surface area contributed by atoms with Crippen LogP contribution in [0.2, 0.25) is 0 Å². The van der Waals surface area contributed by atoms with Crippen LogP contribution in [0.5, 0.6) is 0 Å². The maximum absolute atomic E-state index is 6.34. The lowest BCUT2D eigenvalue weighted by Crippen LogP contribution is -2.18. The second-order valence-corrected chi connectivity index (χ2v) is 6.17. The first-order valence-electron chi connectivity index (χ1n) is 6.80. The molecule has 19 heavy (non-hydrogen) atoms. The molecule has 1 atom stereocenters. The fourth-order valence-electron chi connectivity index (χ4n) is 2.20. The Bertz CT molecular complexity index is 515. The van der Waals surface area contributed by atoms with Gasteiger partial charge in [0.05, 0.1) is 0 Å². The Morgan fingerprint density at radius 3 is 2.89 bits per heavy atom. The van der Waals surface area contributed by atoms with Crippen LogP contribution in [-0.4, -0.2) is 14.8 Å². The van der Waals surface area contributed by atoms with Crippen molar-refractivity contribution in [2.45, 2.75) is 46.2 Å². The van der Waals surface area contributed by atoms with Crippen LogP contribution in [0.15, 0.2) is 17.8 Å². The average Bonchev–Trinajstić information content (AvgIpc) is 2.97. The molecule has 2 rings (SSSR count). The summed E-state index contributed by atoms with van der Waals surface area (Å²) in [7, 11) is 0. The molecule has 4 nitrogen and oxygen atoms in total. The van der Waals surface area contributed by atoms with Crippen LogP contribution in [0, 0.1) is 5.92 Å². The summed E-state index contributed by atoms with van der Waals surface area (Å²) in [6.07, 6.45) is 3.41. The van der Waals surface area contributed by atoms with Gasteiger partial charge in [0.1, 0.15) is 12.2 Å². The van der Waals surface area contributed by atoms with E-state index in [9.17, 15) is 0 Å². The van der Waals surface area contributed by atoms with Gasteiger partial charge in [-0.2, -0.15) is 5.10 Å². The minimum atomic E-state index is 0.0186. The van der Waals surface area contributed by atoms with Gasteiger partial charge in [-0.1, -0.05) is 20.8 Å². The topological polar surface area (TPSA) is 56.7 Å². The van der Waals surface area contributed by atoms with E-state index >= 15 is 0 Å². The van der Waals surface area contributed by atoms with E-state index in [2.05, 4.69) is 42.3 Å².